The summed E-state index contributed by atoms with van der Waals surface area (Å²) in [5, 5.41) is 3.13. The topological polar surface area (TPSA) is 34.0 Å². The van der Waals surface area contributed by atoms with E-state index in [4.69, 9.17) is 0 Å². The van der Waals surface area contributed by atoms with Gasteiger partial charge < -0.3 is 9.88 Å². The Morgan fingerprint density at radius 3 is 2.09 bits per heavy atom. The lowest BCUT2D eigenvalue weighted by atomic mass is 9.79. The molecule has 34 heavy (non-hydrogen) atoms. The van der Waals surface area contributed by atoms with E-state index in [1.807, 2.05) is 0 Å². The molecule has 4 heteroatoms. The highest BCUT2D eigenvalue weighted by Gasteiger charge is 2.25. The standard InChI is InChI=1S/C30H46N2OS/c1-21-26(28(33)31-14-15-34-8)19-27(32(21)20-22-12-10-9-11-13-22)23-16-24(29(2,3)4)18-25(17-23)30(5,6)7/h16-19,22H,9-15,20H2,1-8H3,(H,31,33). The fourth-order valence-corrected chi connectivity index (χ4v) is 5.29. The third kappa shape index (κ3) is 6.50. The van der Waals surface area contributed by atoms with Crippen molar-refractivity contribution in [2.75, 3.05) is 18.6 Å². The molecular formula is C30H46N2OS. The zero-order chi connectivity index (χ0) is 25.1. The molecule has 0 bridgehead atoms. The van der Waals surface area contributed by atoms with Crippen LogP contribution in [-0.4, -0.2) is 29.0 Å². The summed E-state index contributed by atoms with van der Waals surface area (Å²) in [6, 6.07) is 9.25. The minimum atomic E-state index is 0.0539. The molecule has 0 spiro atoms. The van der Waals surface area contributed by atoms with Crippen LogP contribution in [0.4, 0.5) is 0 Å². The summed E-state index contributed by atoms with van der Waals surface area (Å²) < 4.78 is 2.45. The molecule has 0 unspecified atom stereocenters. The Morgan fingerprint density at radius 2 is 1.56 bits per heavy atom. The van der Waals surface area contributed by atoms with Gasteiger partial charge in [0.25, 0.3) is 5.91 Å². The van der Waals surface area contributed by atoms with Crippen LogP contribution in [0.2, 0.25) is 0 Å². The van der Waals surface area contributed by atoms with Crippen molar-refractivity contribution in [3.05, 3.63) is 46.6 Å². The molecule has 1 aliphatic carbocycles. The van der Waals surface area contributed by atoms with Crippen molar-refractivity contribution in [1.29, 1.82) is 0 Å². The zero-order valence-corrected chi connectivity index (χ0v) is 23.6. The van der Waals surface area contributed by atoms with Gasteiger partial charge in [-0.1, -0.05) is 66.9 Å². The lowest BCUT2D eigenvalue weighted by Gasteiger charge is -2.27. The van der Waals surface area contributed by atoms with Crippen LogP contribution < -0.4 is 5.32 Å². The Kier molecular flexibility index (Phi) is 8.65. The average molecular weight is 483 g/mol. The van der Waals surface area contributed by atoms with Gasteiger partial charge >= 0.3 is 0 Å². The van der Waals surface area contributed by atoms with Crippen LogP contribution in [0.15, 0.2) is 24.3 Å². The van der Waals surface area contributed by atoms with Gasteiger partial charge in [-0.05, 0) is 77.7 Å². The second-order valence-electron chi connectivity index (χ2n) is 12.2. The highest BCUT2D eigenvalue weighted by molar-refractivity contribution is 7.98. The van der Waals surface area contributed by atoms with Gasteiger partial charge in [0.05, 0.1) is 5.56 Å². The molecule has 0 radical (unpaired) electrons. The van der Waals surface area contributed by atoms with E-state index in [0.29, 0.717) is 12.5 Å². The maximum Gasteiger partial charge on any atom is 0.253 e. The minimum absolute atomic E-state index is 0.0539. The highest BCUT2D eigenvalue weighted by Crippen LogP contribution is 2.36. The van der Waals surface area contributed by atoms with Gasteiger partial charge in [-0.2, -0.15) is 11.8 Å². The van der Waals surface area contributed by atoms with Crippen LogP contribution in [0.1, 0.15) is 101 Å². The molecule has 3 rings (SSSR count). The Labute approximate surface area is 212 Å². The summed E-state index contributed by atoms with van der Waals surface area (Å²) in [6.07, 6.45) is 8.68. The third-order valence-corrected chi connectivity index (χ3v) is 7.94. The summed E-state index contributed by atoms with van der Waals surface area (Å²) in [4.78, 5) is 13.1. The number of hydrogen-bond donors (Lipinski definition) is 1. The number of amides is 1. The molecule has 1 aromatic carbocycles. The van der Waals surface area contributed by atoms with E-state index in [9.17, 15) is 4.79 Å². The van der Waals surface area contributed by atoms with Crippen molar-refractivity contribution in [3.8, 4) is 11.3 Å². The first-order valence-electron chi connectivity index (χ1n) is 13.1. The predicted octanol–water partition coefficient (Wildman–Crippen LogP) is 7.73. The highest BCUT2D eigenvalue weighted by atomic mass is 32.2. The van der Waals surface area contributed by atoms with Crippen LogP contribution in [0, 0.1) is 12.8 Å². The molecule has 1 fully saturated rings. The number of thioether (sulfide) groups is 1. The number of benzene rings is 1. The smallest absolute Gasteiger partial charge is 0.253 e. The molecule has 2 aromatic rings. The fourth-order valence-electron chi connectivity index (χ4n) is 4.98. The first-order valence-corrected chi connectivity index (χ1v) is 14.4. The largest absolute Gasteiger partial charge is 0.351 e. The summed E-state index contributed by atoms with van der Waals surface area (Å²) in [5.41, 5.74) is 7.17. The third-order valence-electron chi connectivity index (χ3n) is 7.33. The number of nitrogens with zero attached hydrogens (tertiary/aromatic N) is 1. The number of hydrogen-bond acceptors (Lipinski definition) is 2. The van der Waals surface area contributed by atoms with Crippen LogP contribution in [-0.2, 0) is 17.4 Å². The minimum Gasteiger partial charge on any atom is -0.351 e. The normalized spacial score (nSPS) is 15.5. The van der Waals surface area contributed by atoms with E-state index in [2.05, 4.69) is 88.9 Å². The van der Waals surface area contributed by atoms with Gasteiger partial charge in [0, 0.05) is 30.2 Å². The predicted molar refractivity (Wildman–Crippen MR) is 149 cm³/mol. The van der Waals surface area contributed by atoms with Crippen molar-refractivity contribution >= 4 is 17.7 Å². The number of nitrogens with one attached hydrogen (secondary N) is 1. The lowest BCUT2D eigenvalue weighted by molar-refractivity contribution is 0.0955. The van der Waals surface area contributed by atoms with Crippen molar-refractivity contribution in [3.63, 3.8) is 0 Å². The molecule has 0 atom stereocenters. The van der Waals surface area contributed by atoms with E-state index in [0.717, 1.165) is 23.6 Å². The molecule has 0 aliphatic heterocycles. The summed E-state index contributed by atoms with van der Waals surface area (Å²) in [7, 11) is 0. The van der Waals surface area contributed by atoms with Crippen molar-refractivity contribution < 1.29 is 4.79 Å². The number of carbonyl (C=O) groups excluding carboxylic acids is 1. The van der Waals surface area contributed by atoms with Crippen molar-refractivity contribution in [1.82, 2.24) is 9.88 Å². The van der Waals surface area contributed by atoms with Gasteiger partial charge in [-0.15, -0.1) is 0 Å². The molecule has 1 saturated carbocycles. The van der Waals surface area contributed by atoms with Gasteiger partial charge in [0.1, 0.15) is 0 Å². The van der Waals surface area contributed by atoms with Crippen LogP contribution in [0.25, 0.3) is 11.3 Å². The summed E-state index contributed by atoms with van der Waals surface area (Å²) in [6.45, 7) is 17.6. The first-order chi connectivity index (χ1) is 15.9. The lowest BCUT2D eigenvalue weighted by Crippen LogP contribution is -2.26. The van der Waals surface area contributed by atoms with E-state index >= 15 is 0 Å². The van der Waals surface area contributed by atoms with Crippen molar-refractivity contribution in [2.24, 2.45) is 5.92 Å². The van der Waals surface area contributed by atoms with E-state index in [1.165, 1.54) is 54.5 Å². The van der Waals surface area contributed by atoms with E-state index in [1.54, 1.807) is 11.8 Å². The molecule has 1 N–H and O–H groups in total. The maximum atomic E-state index is 13.1. The molecule has 1 aromatic heterocycles. The molecule has 1 amide bonds. The maximum absolute atomic E-state index is 13.1. The Bertz CT molecular complexity index is 952. The van der Waals surface area contributed by atoms with E-state index in [-0.39, 0.29) is 16.7 Å². The molecule has 0 saturated heterocycles. The SMILES string of the molecule is CSCCNC(=O)c1cc(-c2cc(C(C)(C)C)cc(C(C)(C)C)c2)n(CC2CCCCC2)c1C. The summed E-state index contributed by atoms with van der Waals surface area (Å²) in [5.74, 6) is 1.68. The fraction of sp³-hybridized carbons (Fsp3) is 0.633. The van der Waals surface area contributed by atoms with Gasteiger partial charge in [0.15, 0.2) is 0 Å². The number of carbonyl (C=O) groups is 1. The number of aromatic nitrogens is 1. The second-order valence-corrected chi connectivity index (χ2v) is 13.2. The molecular weight excluding hydrogens is 436 g/mol. The Balaban J connectivity index is 2.13. The van der Waals surface area contributed by atoms with E-state index < -0.39 is 0 Å². The molecule has 188 valence electrons. The van der Waals surface area contributed by atoms with Gasteiger partial charge in [0.2, 0.25) is 0 Å². The second kappa shape index (κ2) is 10.9. The van der Waals surface area contributed by atoms with Crippen LogP contribution >= 0.6 is 11.8 Å². The van der Waals surface area contributed by atoms with Crippen LogP contribution in [0.5, 0.6) is 0 Å². The Morgan fingerprint density at radius 1 is 0.971 bits per heavy atom. The quantitative estimate of drug-likeness (QED) is 0.410. The first kappa shape index (κ1) is 26.9. The summed E-state index contributed by atoms with van der Waals surface area (Å²) >= 11 is 1.76. The van der Waals surface area contributed by atoms with Gasteiger partial charge in [-0.3, -0.25) is 4.79 Å². The molecule has 3 nitrogen and oxygen atoms in total. The van der Waals surface area contributed by atoms with Crippen molar-refractivity contribution in [2.45, 2.75) is 97.9 Å². The average Bonchev–Trinajstić information content (AvgIpc) is 3.09. The number of rotatable bonds is 7. The zero-order valence-electron chi connectivity index (χ0n) is 22.8. The monoisotopic (exact) mass is 482 g/mol. The van der Waals surface area contributed by atoms with Crippen LogP contribution in [0.3, 0.4) is 0 Å². The Hall–Kier alpha value is -1.68. The molecule has 1 aliphatic rings. The molecule has 1 heterocycles. The van der Waals surface area contributed by atoms with Gasteiger partial charge in [-0.25, -0.2) is 0 Å².